The molecule has 0 spiro atoms. The Morgan fingerprint density at radius 1 is 1.19 bits per heavy atom. The van der Waals surface area contributed by atoms with Gasteiger partial charge in [0.05, 0.1) is 6.04 Å². The van der Waals surface area contributed by atoms with Gasteiger partial charge < -0.3 is 10.3 Å². The number of aromatic nitrogens is 3. The van der Waals surface area contributed by atoms with E-state index in [-0.39, 0.29) is 6.04 Å². The monoisotopic (exact) mass is 344 g/mol. The molecule has 0 aliphatic rings. The van der Waals surface area contributed by atoms with Crippen molar-refractivity contribution in [3.63, 3.8) is 0 Å². The lowest BCUT2D eigenvalue weighted by Gasteiger charge is -2.05. The maximum absolute atomic E-state index is 6.13. The van der Waals surface area contributed by atoms with Crippen LogP contribution >= 0.6 is 15.9 Å². The summed E-state index contributed by atoms with van der Waals surface area (Å²) >= 11 is 3.37. The van der Waals surface area contributed by atoms with Crippen molar-refractivity contribution < 1.29 is 4.52 Å². The van der Waals surface area contributed by atoms with Gasteiger partial charge in [0, 0.05) is 22.4 Å². The number of hydrogen-bond donors (Lipinski definition) is 1. The second kappa shape index (κ2) is 6.15. The normalized spacial score (nSPS) is 12.3. The highest BCUT2D eigenvalue weighted by atomic mass is 79.9. The third-order valence-electron chi connectivity index (χ3n) is 3.02. The number of rotatable bonds is 4. The van der Waals surface area contributed by atoms with Crippen LogP contribution < -0.4 is 5.73 Å². The van der Waals surface area contributed by atoms with E-state index in [1.54, 1.807) is 12.4 Å². The Bertz CT molecular complexity index is 729. The Morgan fingerprint density at radius 2 is 2.00 bits per heavy atom. The van der Waals surface area contributed by atoms with Crippen molar-refractivity contribution in [1.29, 1.82) is 0 Å². The van der Waals surface area contributed by atoms with E-state index in [0.29, 0.717) is 18.1 Å². The molecule has 0 radical (unpaired) electrons. The molecule has 1 aromatic carbocycles. The van der Waals surface area contributed by atoms with Gasteiger partial charge in [0.25, 0.3) is 0 Å². The van der Waals surface area contributed by atoms with Gasteiger partial charge in [0.1, 0.15) is 0 Å². The molecule has 21 heavy (non-hydrogen) atoms. The first-order valence-electron chi connectivity index (χ1n) is 6.46. The van der Waals surface area contributed by atoms with E-state index >= 15 is 0 Å². The van der Waals surface area contributed by atoms with Gasteiger partial charge in [-0.1, -0.05) is 35.5 Å². The molecule has 3 rings (SSSR count). The summed E-state index contributed by atoms with van der Waals surface area (Å²) in [5, 5.41) is 3.96. The minimum absolute atomic E-state index is 0.325. The van der Waals surface area contributed by atoms with E-state index in [1.807, 2.05) is 36.4 Å². The first kappa shape index (κ1) is 13.9. The molecule has 0 aliphatic carbocycles. The number of nitrogens with zero attached hydrogens (tertiary/aromatic N) is 3. The van der Waals surface area contributed by atoms with Crippen molar-refractivity contribution in [2.45, 2.75) is 12.5 Å². The third kappa shape index (κ3) is 3.34. The zero-order valence-electron chi connectivity index (χ0n) is 11.1. The fraction of sp³-hybridized carbons (Fsp3) is 0.133. The topological polar surface area (TPSA) is 77.8 Å². The van der Waals surface area contributed by atoms with E-state index in [1.165, 1.54) is 0 Å². The zero-order chi connectivity index (χ0) is 14.7. The molecule has 2 N–H and O–H groups in total. The molecule has 1 unspecified atom stereocenters. The quantitative estimate of drug-likeness (QED) is 0.786. The Labute approximate surface area is 130 Å². The maximum Gasteiger partial charge on any atom is 0.244 e. The van der Waals surface area contributed by atoms with Gasteiger partial charge in [-0.25, -0.2) is 0 Å². The van der Waals surface area contributed by atoms with Crippen LogP contribution in [-0.2, 0) is 6.42 Å². The molecule has 6 heteroatoms. The predicted octanol–water partition coefficient (Wildman–Crippen LogP) is 3.14. The van der Waals surface area contributed by atoms with Gasteiger partial charge in [0.2, 0.25) is 11.7 Å². The summed E-state index contributed by atoms with van der Waals surface area (Å²) in [7, 11) is 0. The molecule has 3 aromatic rings. The lowest BCUT2D eigenvalue weighted by Crippen LogP contribution is -2.13. The van der Waals surface area contributed by atoms with Crippen molar-refractivity contribution >= 4 is 15.9 Å². The first-order valence-corrected chi connectivity index (χ1v) is 7.26. The van der Waals surface area contributed by atoms with Crippen LogP contribution in [0.3, 0.4) is 0 Å². The largest absolute Gasteiger partial charge is 0.337 e. The van der Waals surface area contributed by atoms with Gasteiger partial charge in [-0.05, 0) is 34.0 Å². The lowest BCUT2D eigenvalue weighted by atomic mass is 10.1. The van der Waals surface area contributed by atoms with Crippen LogP contribution in [-0.4, -0.2) is 15.1 Å². The Hall–Kier alpha value is -2.05. The lowest BCUT2D eigenvalue weighted by molar-refractivity contribution is 0.354. The van der Waals surface area contributed by atoms with Crippen LogP contribution in [0.25, 0.3) is 11.4 Å². The van der Waals surface area contributed by atoms with Crippen LogP contribution in [0, 0.1) is 0 Å². The molecule has 0 amide bonds. The second-order valence-electron chi connectivity index (χ2n) is 4.64. The van der Waals surface area contributed by atoms with Crippen LogP contribution in [0.4, 0.5) is 0 Å². The van der Waals surface area contributed by atoms with E-state index < -0.39 is 0 Å². The first-order chi connectivity index (χ1) is 10.2. The Morgan fingerprint density at radius 3 is 2.76 bits per heavy atom. The van der Waals surface area contributed by atoms with E-state index in [0.717, 1.165) is 15.6 Å². The molecule has 1 atom stereocenters. The van der Waals surface area contributed by atoms with E-state index in [9.17, 15) is 0 Å². The van der Waals surface area contributed by atoms with Crippen LogP contribution in [0.1, 0.15) is 17.5 Å². The summed E-state index contributed by atoms with van der Waals surface area (Å²) < 4.78 is 6.12. The molecule has 106 valence electrons. The average Bonchev–Trinajstić information content (AvgIpc) is 2.98. The summed E-state index contributed by atoms with van der Waals surface area (Å²) in [6.07, 6.45) is 4.03. The number of nitrogens with two attached hydrogens (primary N) is 1. The van der Waals surface area contributed by atoms with Crippen molar-refractivity contribution in [3.05, 3.63) is 64.7 Å². The number of pyridine rings is 1. The fourth-order valence-corrected chi connectivity index (χ4v) is 2.36. The Kier molecular flexibility index (Phi) is 4.08. The highest BCUT2D eigenvalue weighted by Gasteiger charge is 2.16. The van der Waals surface area contributed by atoms with Gasteiger partial charge in [-0.3, -0.25) is 4.98 Å². The van der Waals surface area contributed by atoms with Gasteiger partial charge in [-0.2, -0.15) is 4.98 Å². The third-order valence-corrected chi connectivity index (χ3v) is 3.45. The zero-order valence-corrected chi connectivity index (χ0v) is 12.7. The van der Waals surface area contributed by atoms with Crippen molar-refractivity contribution in [2.24, 2.45) is 5.73 Å². The standard InChI is InChI=1S/C15H13BrN4O/c16-12-7-11(8-18-9-12)14-19-15(21-20-14)13(17)6-10-4-2-1-3-5-10/h1-5,7-9,13H,6,17H2. The van der Waals surface area contributed by atoms with E-state index in [4.69, 9.17) is 10.3 Å². The molecule has 0 aliphatic heterocycles. The highest BCUT2D eigenvalue weighted by Crippen LogP contribution is 2.21. The van der Waals surface area contributed by atoms with Gasteiger partial charge in [-0.15, -0.1) is 0 Å². The maximum atomic E-state index is 6.13. The fourth-order valence-electron chi connectivity index (χ4n) is 1.99. The van der Waals surface area contributed by atoms with E-state index in [2.05, 4.69) is 31.1 Å². The smallest absolute Gasteiger partial charge is 0.244 e. The van der Waals surface area contributed by atoms with Gasteiger partial charge in [0.15, 0.2) is 0 Å². The summed E-state index contributed by atoms with van der Waals surface area (Å²) in [5.41, 5.74) is 8.04. The predicted molar refractivity (Wildman–Crippen MR) is 82.3 cm³/mol. The summed E-state index contributed by atoms with van der Waals surface area (Å²) in [5.74, 6) is 0.913. The minimum atomic E-state index is -0.325. The molecule has 2 aromatic heterocycles. The van der Waals surface area contributed by atoms with Crippen LogP contribution in [0.2, 0.25) is 0 Å². The van der Waals surface area contributed by atoms with Crippen molar-refractivity contribution in [2.75, 3.05) is 0 Å². The Balaban J connectivity index is 1.78. The molecule has 2 heterocycles. The molecule has 0 bridgehead atoms. The molecule has 5 nitrogen and oxygen atoms in total. The summed E-state index contributed by atoms with van der Waals surface area (Å²) in [6, 6.07) is 11.5. The van der Waals surface area contributed by atoms with Gasteiger partial charge >= 0.3 is 0 Å². The van der Waals surface area contributed by atoms with Crippen LogP contribution in [0.5, 0.6) is 0 Å². The molecular formula is C15H13BrN4O. The summed E-state index contributed by atoms with van der Waals surface area (Å²) in [4.78, 5) is 8.44. The molecular weight excluding hydrogens is 332 g/mol. The van der Waals surface area contributed by atoms with Crippen LogP contribution in [0.15, 0.2) is 57.8 Å². The number of halogens is 1. The molecule has 0 fully saturated rings. The average molecular weight is 345 g/mol. The summed E-state index contributed by atoms with van der Waals surface area (Å²) in [6.45, 7) is 0. The van der Waals surface area contributed by atoms with Crippen molar-refractivity contribution in [3.8, 4) is 11.4 Å². The van der Waals surface area contributed by atoms with Crippen molar-refractivity contribution in [1.82, 2.24) is 15.1 Å². The number of benzene rings is 1. The SMILES string of the molecule is NC(Cc1ccccc1)c1nc(-c2cncc(Br)c2)no1. The number of hydrogen-bond acceptors (Lipinski definition) is 5. The highest BCUT2D eigenvalue weighted by molar-refractivity contribution is 9.10. The molecule has 0 saturated heterocycles. The minimum Gasteiger partial charge on any atom is -0.337 e. The molecule has 0 saturated carbocycles. The second-order valence-corrected chi connectivity index (χ2v) is 5.56.